The molecule has 0 bridgehead atoms. The molecule has 6 heteroatoms. The lowest BCUT2D eigenvalue weighted by Gasteiger charge is -2.16. The third-order valence-corrected chi connectivity index (χ3v) is 5.87. The van der Waals surface area contributed by atoms with Crippen molar-refractivity contribution in [2.75, 3.05) is 14.2 Å². The van der Waals surface area contributed by atoms with E-state index in [2.05, 4.69) is 31.2 Å². The zero-order valence-corrected chi connectivity index (χ0v) is 17.9. The minimum Gasteiger partial charge on any atom is -0.497 e. The molecule has 152 valence electrons. The van der Waals surface area contributed by atoms with Crippen LogP contribution in [0.1, 0.15) is 11.1 Å². The highest BCUT2D eigenvalue weighted by Crippen LogP contribution is 2.31. The number of benzene rings is 3. The summed E-state index contributed by atoms with van der Waals surface area (Å²) in [5.41, 5.74) is 3.51. The average molecular weight is 419 g/mol. The highest BCUT2D eigenvalue weighted by molar-refractivity contribution is 7.98. The summed E-state index contributed by atoms with van der Waals surface area (Å²) < 4.78 is 12.5. The number of nitrogens with zero attached hydrogens (tertiary/aromatic N) is 2. The number of fused-ring (bicyclic) bond motifs is 1. The van der Waals surface area contributed by atoms with Crippen LogP contribution < -0.4 is 15.0 Å². The van der Waals surface area contributed by atoms with Crippen LogP contribution >= 0.6 is 11.8 Å². The van der Waals surface area contributed by atoms with Gasteiger partial charge in [-0.1, -0.05) is 53.7 Å². The Hall–Kier alpha value is -3.25. The van der Waals surface area contributed by atoms with E-state index >= 15 is 0 Å². The van der Waals surface area contributed by atoms with Crippen molar-refractivity contribution in [2.24, 2.45) is 0 Å². The van der Waals surface area contributed by atoms with Gasteiger partial charge in [-0.25, -0.2) is 4.98 Å². The van der Waals surface area contributed by atoms with E-state index in [1.165, 1.54) is 17.3 Å². The molecule has 0 aliphatic rings. The Morgan fingerprint density at radius 2 is 1.73 bits per heavy atom. The molecule has 1 heterocycles. The maximum absolute atomic E-state index is 13.5. The monoisotopic (exact) mass is 418 g/mol. The molecule has 0 unspecified atom stereocenters. The van der Waals surface area contributed by atoms with Crippen molar-refractivity contribution in [1.29, 1.82) is 0 Å². The molecule has 5 nitrogen and oxygen atoms in total. The number of ether oxygens (including phenoxy) is 2. The van der Waals surface area contributed by atoms with Crippen molar-refractivity contribution in [3.8, 4) is 17.2 Å². The maximum Gasteiger partial charge on any atom is 0.266 e. The first-order valence-corrected chi connectivity index (χ1v) is 10.5. The second kappa shape index (κ2) is 8.63. The number of hydrogen-bond donors (Lipinski definition) is 0. The third-order valence-electron chi connectivity index (χ3n) is 4.86. The van der Waals surface area contributed by atoms with Gasteiger partial charge in [0, 0.05) is 11.8 Å². The van der Waals surface area contributed by atoms with Crippen molar-refractivity contribution >= 4 is 22.7 Å². The van der Waals surface area contributed by atoms with E-state index in [-0.39, 0.29) is 5.56 Å². The molecule has 4 aromatic rings. The summed E-state index contributed by atoms with van der Waals surface area (Å²) in [6.45, 7) is 2.06. The van der Waals surface area contributed by atoms with Gasteiger partial charge in [-0.05, 0) is 36.8 Å². The minimum absolute atomic E-state index is 0.140. The van der Waals surface area contributed by atoms with E-state index in [9.17, 15) is 4.79 Å². The van der Waals surface area contributed by atoms with Crippen molar-refractivity contribution in [3.05, 3.63) is 88.2 Å². The predicted molar refractivity (Wildman–Crippen MR) is 121 cm³/mol. The Labute approximate surface area is 179 Å². The highest BCUT2D eigenvalue weighted by Gasteiger charge is 2.17. The molecule has 3 aromatic carbocycles. The summed E-state index contributed by atoms with van der Waals surface area (Å²) in [5.74, 6) is 1.91. The molecule has 0 atom stereocenters. The van der Waals surface area contributed by atoms with Crippen LogP contribution in [0.15, 0.2) is 76.7 Å². The minimum atomic E-state index is -0.140. The SMILES string of the molecule is COc1ccc(OC)c(-n2c(SCc3ccc(C)cc3)nc3ccccc3c2=O)c1. The fraction of sp³-hybridized carbons (Fsp3) is 0.167. The smallest absolute Gasteiger partial charge is 0.266 e. The first-order chi connectivity index (χ1) is 14.6. The van der Waals surface area contributed by atoms with Gasteiger partial charge in [-0.3, -0.25) is 9.36 Å². The predicted octanol–water partition coefficient (Wildman–Crippen LogP) is 5.00. The van der Waals surface area contributed by atoms with Gasteiger partial charge in [0.1, 0.15) is 11.5 Å². The van der Waals surface area contributed by atoms with Crippen LogP contribution in [0.25, 0.3) is 16.6 Å². The lowest BCUT2D eigenvalue weighted by Crippen LogP contribution is -2.22. The molecule has 0 aliphatic carbocycles. The van der Waals surface area contributed by atoms with Crippen molar-refractivity contribution < 1.29 is 9.47 Å². The maximum atomic E-state index is 13.5. The van der Waals surface area contributed by atoms with Gasteiger partial charge in [-0.15, -0.1) is 0 Å². The Balaban J connectivity index is 1.89. The van der Waals surface area contributed by atoms with Crippen LogP contribution in [0, 0.1) is 6.92 Å². The molecule has 0 fully saturated rings. The zero-order chi connectivity index (χ0) is 21.1. The topological polar surface area (TPSA) is 53.4 Å². The van der Waals surface area contributed by atoms with Crippen LogP contribution in [0.3, 0.4) is 0 Å². The Bertz CT molecular complexity index is 1250. The second-order valence-corrected chi connectivity index (χ2v) is 7.81. The average Bonchev–Trinajstić information content (AvgIpc) is 2.78. The summed E-state index contributed by atoms with van der Waals surface area (Å²) in [6.07, 6.45) is 0. The molecule has 4 rings (SSSR count). The van der Waals surface area contributed by atoms with Gasteiger partial charge in [-0.2, -0.15) is 0 Å². The van der Waals surface area contributed by atoms with E-state index in [0.717, 1.165) is 5.56 Å². The molecule has 30 heavy (non-hydrogen) atoms. The van der Waals surface area contributed by atoms with Crippen molar-refractivity contribution in [3.63, 3.8) is 0 Å². The number of para-hydroxylation sites is 1. The normalized spacial score (nSPS) is 10.9. The summed E-state index contributed by atoms with van der Waals surface area (Å²) in [5, 5.41) is 1.16. The zero-order valence-electron chi connectivity index (χ0n) is 17.1. The molecule has 0 N–H and O–H groups in total. The Morgan fingerprint density at radius 3 is 2.47 bits per heavy atom. The van der Waals surface area contributed by atoms with Crippen LogP contribution in [-0.2, 0) is 5.75 Å². The van der Waals surface area contributed by atoms with E-state index in [4.69, 9.17) is 14.5 Å². The number of methoxy groups -OCH3 is 2. The van der Waals surface area contributed by atoms with Gasteiger partial charge in [0.2, 0.25) is 0 Å². The molecule has 0 spiro atoms. The van der Waals surface area contributed by atoms with E-state index < -0.39 is 0 Å². The largest absolute Gasteiger partial charge is 0.497 e. The third kappa shape index (κ3) is 3.91. The second-order valence-electron chi connectivity index (χ2n) is 6.86. The van der Waals surface area contributed by atoms with E-state index in [1.807, 2.05) is 18.2 Å². The van der Waals surface area contributed by atoms with Gasteiger partial charge >= 0.3 is 0 Å². The standard InChI is InChI=1S/C24H22N2O3S/c1-16-8-10-17(11-9-16)15-30-24-25-20-7-5-4-6-19(20)23(27)26(24)21-14-18(28-2)12-13-22(21)29-3/h4-14H,15H2,1-3H3. The molecule has 0 saturated carbocycles. The fourth-order valence-electron chi connectivity index (χ4n) is 3.23. The summed E-state index contributed by atoms with van der Waals surface area (Å²) in [4.78, 5) is 18.3. The Kier molecular flexibility index (Phi) is 5.77. The van der Waals surface area contributed by atoms with Gasteiger partial charge in [0.25, 0.3) is 5.56 Å². The number of thioether (sulfide) groups is 1. The highest BCUT2D eigenvalue weighted by atomic mass is 32.2. The van der Waals surface area contributed by atoms with Crippen LogP contribution in [0.2, 0.25) is 0 Å². The van der Waals surface area contributed by atoms with Gasteiger partial charge in [0.15, 0.2) is 5.16 Å². The van der Waals surface area contributed by atoms with Crippen LogP contribution in [0.4, 0.5) is 0 Å². The quantitative estimate of drug-likeness (QED) is 0.326. The molecular weight excluding hydrogens is 396 g/mol. The molecule has 0 aliphatic heterocycles. The first kappa shape index (κ1) is 20.0. The molecule has 0 saturated heterocycles. The van der Waals surface area contributed by atoms with Crippen molar-refractivity contribution in [1.82, 2.24) is 9.55 Å². The van der Waals surface area contributed by atoms with E-state index in [0.29, 0.717) is 39.0 Å². The van der Waals surface area contributed by atoms with E-state index in [1.54, 1.807) is 43.1 Å². The first-order valence-electron chi connectivity index (χ1n) is 9.53. The number of aromatic nitrogens is 2. The summed E-state index contributed by atoms with van der Waals surface area (Å²) in [6, 6.07) is 21.1. The molecule has 0 amide bonds. The van der Waals surface area contributed by atoms with Gasteiger partial charge in [0.05, 0.1) is 30.8 Å². The number of rotatable bonds is 6. The number of hydrogen-bond acceptors (Lipinski definition) is 5. The fourth-order valence-corrected chi connectivity index (χ4v) is 4.19. The van der Waals surface area contributed by atoms with Crippen LogP contribution in [-0.4, -0.2) is 23.8 Å². The van der Waals surface area contributed by atoms with Crippen molar-refractivity contribution in [2.45, 2.75) is 17.8 Å². The van der Waals surface area contributed by atoms with Gasteiger partial charge < -0.3 is 9.47 Å². The molecular formula is C24H22N2O3S. The summed E-state index contributed by atoms with van der Waals surface area (Å²) in [7, 11) is 3.18. The number of aryl methyl sites for hydroxylation is 1. The lowest BCUT2D eigenvalue weighted by atomic mass is 10.2. The lowest BCUT2D eigenvalue weighted by molar-refractivity contribution is 0.400. The Morgan fingerprint density at radius 1 is 0.967 bits per heavy atom. The van der Waals surface area contributed by atoms with Crippen LogP contribution in [0.5, 0.6) is 11.5 Å². The molecule has 1 aromatic heterocycles. The summed E-state index contributed by atoms with van der Waals surface area (Å²) >= 11 is 1.52. The molecule has 0 radical (unpaired) electrons.